The van der Waals surface area contributed by atoms with Gasteiger partial charge in [-0.15, -0.1) is 6.58 Å². The molecule has 1 heteroatoms. The fourth-order valence-corrected chi connectivity index (χ4v) is 1.48. The van der Waals surface area contributed by atoms with Crippen molar-refractivity contribution >= 4 is 21.5 Å². The molecule has 0 heterocycles. The monoisotopic (exact) mass is 222 g/mol. The SMILES string of the molecule is C=CC/C(=C/Br)c1ccccc1. The van der Waals surface area contributed by atoms with Crippen molar-refractivity contribution in [3.05, 3.63) is 53.5 Å². The molecule has 0 unspecified atom stereocenters. The Morgan fingerprint density at radius 2 is 2.00 bits per heavy atom. The van der Waals surface area contributed by atoms with E-state index in [-0.39, 0.29) is 0 Å². The molecule has 0 fully saturated rings. The van der Waals surface area contributed by atoms with Crippen LogP contribution in [-0.2, 0) is 0 Å². The Kier molecular flexibility index (Phi) is 3.81. The Labute approximate surface area is 81.7 Å². The van der Waals surface area contributed by atoms with Crippen LogP contribution in [0.5, 0.6) is 0 Å². The van der Waals surface area contributed by atoms with E-state index in [9.17, 15) is 0 Å². The van der Waals surface area contributed by atoms with Crippen LogP contribution in [0.1, 0.15) is 12.0 Å². The molecular formula is C11H11Br. The van der Waals surface area contributed by atoms with Crippen molar-refractivity contribution in [2.45, 2.75) is 6.42 Å². The molecule has 0 amide bonds. The summed E-state index contributed by atoms with van der Waals surface area (Å²) >= 11 is 3.34. The van der Waals surface area contributed by atoms with Crippen LogP contribution in [0.4, 0.5) is 0 Å². The molecular weight excluding hydrogens is 212 g/mol. The smallest absolute Gasteiger partial charge is 0.00890 e. The van der Waals surface area contributed by atoms with E-state index in [1.807, 2.05) is 29.3 Å². The fraction of sp³-hybridized carbons (Fsp3) is 0.0909. The molecule has 1 rings (SSSR count). The molecule has 0 saturated carbocycles. The highest BCUT2D eigenvalue weighted by Gasteiger charge is 1.95. The summed E-state index contributed by atoms with van der Waals surface area (Å²) in [6, 6.07) is 10.3. The molecule has 0 N–H and O–H groups in total. The van der Waals surface area contributed by atoms with Crippen LogP contribution in [0.15, 0.2) is 48.0 Å². The Bertz CT molecular complexity index is 272. The van der Waals surface area contributed by atoms with E-state index in [1.165, 1.54) is 11.1 Å². The second kappa shape index (κ2) is 4.94. The van der Waals surface area contributed by atoms with Gasteiger partial charge in [-0.05, 0) is 22.5 Å². The predicted octanol–water partition coefficient (Wildman–Crippen LogP) is 4.00. The van der Waals surface area contributed by atoms with Crippen molar-refractivity contribution in [3.63, 3.8) is 0 Å². The van der Waals surface area contributed by atoms with Gasteiger partial charge in [0.2, 0.25) is 0 Å². The normalized spacial score (nSPS) is 11.2. The van der Waals surface area contributed by atoms with E-state index in [0.717, 1.165) is 6.42 Å². The Morgan fingerprint density at radius 1 is 1.33 bits per heavy atom. The van der Waals surface area contributed by atoms with Gasteiger partial charge in [0.25, 0.3) is 0 Å². The summed E-state index contributed by atoms with van der Waals surface area (Å²) in [6.07, 6.45) is 2.80. The van der Waals surface area contributed by atoms with Gasteiger partial charge < -0.3 is 0 Å². The zero-order valence-electron chi connectivity index (χ0n) is 6.83. The van der Waals surface area contributed by atoms with Gasteiger partial charge in [0, 0.05) is 0 Å². The van der Waals surface area contributed by atoms with Crippen molar-refractivity contribution < 1.29 is 0 Å². The molecule has 0 aromatic heterocycles. The molecule has 1 aromatic carbocycles. The Balaban J connectivity index is 2.88. The molecule has 0 aliphatic heterocycles. The minimum Gasteiger partial charge on any atom is -0.103 e. The van der Waals surface area contributed by atoms with Gasteiger partial charge in [0.1, 0.15) is 0 Å². The minimum absolute atomic E-state index is 0.898. The van der Waals surface area contributed by atoms with E-state index < -0.39 is 0 Å². The highest BCUT2D eigenvalue weighted by Crippen LogP contribution is 2.19. The lowest BCUT2D eigenvalue weighted by molar-refractivity contribution is 1.41. The molecule has 0 radical (unpaired) electrons. The van der Waals surface area contributed by atoms with Gasteiger partial charge in [0.05, 0.1) is 0 Å². The first kappa shape index (κ1) is 9.27. The molecule has 1 aromatic rings. The summed E-state index contributed by atoms with van der Waals surface area (Å²) < 4.78 is 0. The molecule has 0 aliphatic rings. The first-order chi connectivity index (χ1) is 5.88. The quantitative estimate of drug-likeness (QED) is 0.679. The van der Waals surface area contributed by atoms with Crippen LogP contribution >= 0.6 is 15.9 Å². The van der Waals surface area contributed by atoms with Crippen LogP contribution in [-0.4, -0.2) is 0 Å². The predicted molar refractivity (Wildman–Crippen MR) is 58.2 cm³/mol. The van der Waals surface area contributed by atoms with E-state index >= 15 is 0 Å². The third-order valence-corrected chi connectivity index (χ3v) is 2.19. The van der Waals surface area contributed by atoms with Gasteiger partial charge in [-0.1, -0.05) is 52.3 Å². The number of allylic oxidation sites excluding steroid dienone is 2. The average molecular weight is 223 g/mol. The van der Waals surface area contributed by atoms with Crippen molar-refractivity contribution in [2.24, 2.45) is 0 Å². The van der Waals surface area contributed by atoms with E-state index in [1.54, 1.807) is 0 Å². The van der Waals surface area contributed by atoms with Gasteiger partial charge in [-0.2, -0.15) is 0 Å². The summed E-state index contributed by atoms with van der Waals surface area (Å²) in [5.41, 5.74) is 2.50. The maximum absolute atomic E-state index is 3.71. The van der Waals surface area contributed by atoms with E-state index in [4.69, 9.17) is 0 Å². The largest absolute Gasteiger partial charge is 0.103 e. The first-order valence-electron chi connectivity index (χ1n) is 3.84. The molecule has 0 spiro atoms. The van der Waals surface area contributed by atoms with Crippen LogP contribution in [0, 0.1) is 0 Å². The van der Waals surface area contributed by atoms with Crippen molar-refractivity contribution in [2.75, 3.05) is 0 Å². The summed E-state index contributed by atoms with van der Waals surface area (Å²) in [7, 11) is 0. The zero-order valence-corrected chi connectivity index (χ0v) is 8.42. The second-order valence-electron chi connectivity index (χ2n) is 2.49. The number of hydrogen-bond donors (Lipinski definition) is 0. The number of rotatable bonds is 3. The first-order valence-corrected chi connectivity index (χ1v) is 4.75. The standard InChI is InChI=1S/C11H11Br/c1-2-6-11(9-12)10-7-4-3-5-8-10/h2-5,7-9H,1,6H2/b11-9-. The maximum atomic E-state index is 3.71. The highest BCUT2D eigenvalue weighted by atomic mass is 79.9. The summed E-state index contributed by atoms with van der Waals surface area (Å²) in [5.74, 6) is 0. The van der Waals surface area contributed by atoms with Crippen LogP contribution < -0.4 is 0 Å². The topological polar surface area (TPSA) is 0 Å². The van der Waals surface area contributed by atoms with Gasteiger partial charge in [-0.3, -0.25) is 0 Å². The number of hydrogen-bond acceptors (Lipinski definition) is 0. The van der Waals surface area contributed by atoms with E-state index in [0.29, 0.717) is 0 Å². The molecule has 0 aliphatic carbocycles. The van der Waals surface area contributed by atoms with Gasteiger partial charge >= 0.3 is 0 Å². The zero-order chi connectivity index (χ0) is 8.81. The molecule has 0 atom stereocenters. The lowest BCUT2D eigenvalue weighted by atomic mass is 10.1. The molecule has 12 heavy (non-hydrogen) atoms. The highest BCUT2D eigenvalue weighted by molar-refractivity contribution is 9.11. The Morgan fingerprint density at radius 3 is 2.50 bits per heavy atom. The third kappa shape index (κ3) is 2.35. The lowest BCUT2D eigenvalue weighted by Crippen LogP contribution is -1.79. The Hall–Kier alpha value is -0.820. The molecule has 62 valence electrons. The average Bonchev–Trinajstić information content (AvgIpc) is 2.15. The second-order valence-corrected chi connectivity index (χ2v) is 2.95. The number of halogens is 1. The van der Waals surface area contributed by atoms with Crippen LogP contribution in [0.2, 0.25) is 0 Å². The molecule has 0 saturated heterocycles. The van der Waals surface area contributed by atoms with Crippen molar-refractivity contribution in [1.29, 1.82) is 0 Å². The third-order valence-electron chi connectivity index (χ3n) is 1.64. The van der Waals surface area contributed by atoms with Gasteiger partial charge in [-0.25, -0.2) is 0 Å². The molecule has 0 nitrogen and oxygen atoms in total. The summed E-state index contributed by atoms with van der Waals surface area (Å²) in [4.78, 5) is 1.95. The number of benzene rings is 1. The molecule has 0 bridgehead atoms. The maximum Gasteiger partial charge on any atom is -0.00890 e. The fourth-order valence-electron chi connectivity index (χ4n) is 1.03. The van der Waals surface area contributed by atoms with Gasteiger partial charge in [0.15, 0.2) is 0 Å². The summed E-state index contributed by atoms with van der Waals surface area (Å²) in [6.45, 7) is 3.71. The van der Waals surface area contributed by atoms with Crippen LogP contribution in [0.3, 0.4) is 0 Å². The minimum atomic E-state index is 0.898. The lowest BCUT2D eigenvalue weighted by Gasteiger charge is -2.01. The summed E-state index contributed by atoms with van der Waals surface area (Å²) in [5, 5.41) is 0. The van der Waals surface area contributed by atoms with Crippen LogP contribution in [0.25, 0.3) is 5.57 Å². The van der Waals surface area contributed by atoms with Crippen molar-refractivity contribution in [1.82, 2.24) is 0 Å². The van der Waals surface area contributed by atoms with E-state index in [2.05, 4.69) is 34.6 Å². The van der Waals surface area contributed by atoms with Crippen molar-refractivity contribution in [3.8, 4) is 0 Å².